The zero-order valence-electron chi connectivity index (χ0n) is 18.2. The van der Waals surface area contributed by atoms with E-state index in [1.54, 1.807) is 6.33 Å². The average molecular weight is 473 g/mol. The first-order valence-corrected chi connectivity index (χ1v) is 10.5. The number of alkyl halides is 3. The number of halogens is 3. The van der Waals surface area contributed by atoms with E-state index in [1.165, 1.54) is 0 Å². The molecule has 0 unspecified atom stereocenters. The topological polar surface area (TPSA) is 101 Å². The number of hydrogen-bond acceptors (Lipinski definition) is 6. The fraction of sp³-hybridized carbons (Fsp3) is 0.318. The molecule has 1 N–H and O–H groups in total. The van der Waals surface area contributed by atoms with Crippen molar-refractivity contribution in [3.63, 3.8) is 0 Å². The van der Waals surface area contributed by atoms with E-state index in [9.17, 15) is 13.2 Å². The normalized spacial score (nSPS) is 15.9. The minimum absolute atomic E-state index is 0.393. The highest BCUT2D eigenvalue weighted by Gasteiger charge is 2.38. The Balaban J connectivity index is 0.000000344. The molecule has 1 saturated heterocycles. The smallest absolute Gasteiger partial charge is 0.475 e. The molecule has 0 spiro atoms. The molecule has 0 bridgehead atoms. The predicted octanol–water partition coefficient (Wildman–Crippen LogP) is 3.37. The van der Waals surface area contributed by atoms with E-state index in [2.05, 4.69) is 49.8 Å². The van der Waals surface area contributed by atoms with Crippen molar-refractivity contribution in [3.05, 3.63) is 60.9 Å². The molecule has 1 fully saturated rings. The molecule has 0 amide bonds. The van der Waals surface area contributed by atoms with Crippen LogP contribution < -0.4 is 4.90 Å². The van der Waals surface area contributed by atoms with Crippen molar-refractivity contribution in [2.24, 2.45) is 7.05 Å². The zero-order chi connectivity index (χ0) is 24.3. The number of hydrogen-bond donors (Lipinski definition) is 1. The molecule has 0 radical (unpaired) electrons. The minimum atomic E-state index is -5.08. The number of nitrogens with zero attached hydrogens (tertiary/aromatic N) is 7. The molecule has 1 aromatic carbocycles. The second-order valence-corrected chi connectivity index (χ2v) is 7.79. The standard InChI is InChI=1S/C20H21N7.C2HF3O2/c1-25-11-9-21-18(25)12-16-8-5-10-26(16)19-13-17(15-6-3-2-4-7-15)24-20-22-14-23-27(19)20;3-2(4,5)1(6)7/h2-4,6-7,9,11,13-14,16H,5,8,10,12H2,1H3;(H,6,7)/t16-;/m0./s1. The lowest BCUT2D eigenvalue weighted by atomic mass is 10.1. The lowest BCUT2D eigenvalue weighted by molar-refractivity contribution is -0.192. The Morgan fingerprint density at radius 3 is 2.59 bits per heavy atom. The molecule has 1 aliphatic heterocycles. The maximum absolute atomic E-state index is 10.6. The van der Waals surface area contributed by atoms with Crippen LogP contribution in [0.3, 0.4) is 0 Å². The number of aryl methyl sites for hydroxylation is 1. The van der Waals surface area contributed by atoms with Gasteiger partial charge in [-0.25, -0.2) is 14.8 Å². The largest absolute Gasteiger partial charge is 0.490 e. The van der Waals surface area contributed by atoms with Crippen molar-refractivity contribution >= 4 is 17.6 Å². The third kappa shape index (κ3) is 5.00. The van der Waals surface area contributed by atoms with Gasteiger partial charge in [-0.1, -0.05) is 30.3 Å². The van der Waals surface area contributed by atoms with Gasteiger partial charge in [0.05, 0.1) is 5.69 Å². The molecule has 178 valence electrons. The highest BCUT2D eigenvalue weighted by atomic mass is 19.4. The first-order valence-electron chi connectivity index (χ1n) is 10.5. The molecule has 0 saturated carbocycles. The van der Waals surface area contributed by atoms with E-state index >= 15 is 0 Å². The van der Waals surface area contributed by atoms with Crippen molar-refractivity contribution < 1.29 is 23.1 Å². The molecule has 12 heteroatoms. The summed E-state index contributed by atoms with van der Waals surface area (Å²) in [5.74, 6) is 0.0358. The Kier molecular flexibility index (Phi) is 6.48. The second-order valence-electron chi connectivity index (χ2n) is 7.79. The molecule has 9 nitrogen and oxygen atoms in total. The maximum Gasteiger partial charge on any atom is 0.490 e. The number of fused-ring (bicyclic) bond motifs is 1. The van der Waals surface area contributed by atoms with Crippen LogP contribution in [-0.4, -0.2) is 59.0 Å². The molecule has 1 atom stereocenters. The van der Waals surface area contributed by atoms with E-state index in [0.29, 0.717) is 11.8 Å². The first-order chi connectivity index (χ1) is 16.2. The van der Waals surface area contributed by atoms with Gasteiger partial charge in [0.25, 0.3) is 5.78 Å². The van der Waals surface area contributed by atoms with Crippen LogP contribution in [0.1, 0.15) is 18.7 Å². The van der Waals surface area contributed by atoms with E-state index in [0.717, 1.165) is 48.7 Å². The number of carboxylic acids is 1. The predicted molar refractivity (Wildman–Crippen MR) is 117 cm³/mol. The quantitative estimate of drug-likeness (QED) is 0.485. The summed E-state index contributed by atoms with van der Waals surface area (Å²) in [7, 11) is 2.05. The second kappa shape index (κ2) is 9.49. The van der Waals surface area contributed by atoms with Gasteiger partial charge in [-0.15, -0.1) is 0 Å². The molecule has 0 aliphatic carbocycles. The Morgan fingerprint density at radius 1 is 1.21 bits per heavy atom. The molecule has 4 aromatic rings. The molecule has 4 heterocycles. The Hall–Kier alpha value is -3.96. The average Bonchev–Trinajstić information content (AvgIpc) is 3.55. The van der Waals surface area contributed by atoms with Gasteiger partial charge >= 0.3 is 12.1 Å². The summed E-state index contributed by atoms with van der Waals surface area (Å²) in [6.45, 7) is 1.00. The summed E-state index contributed by atoms with van der Waals surface area (Å²) in [4.78, 5) is 24.9. The number of carbonyl (C=O) groups is 1. The summed E-state index contributed by atoms with van der Waals surface area (Å²) >= 11 is 0. The molecular weight excluding hydrogens is 451 g/mol. The lowest BCUT2D eigenvalue weighted by Gasteiger charge is -2.27. The third-order valence-electron chi connectivity index (χ3n) is 5.56. The number of benzene rings is 1. The van der Waals surface area contributed by atoms with E-state index < -0.39 is 12.1 Å². The maximum atomic E-state index is 10.6. The molecule has 3 aromatic heterocycles. The Labute approximate surface area is 192 Å². The number of anilines is 1. The van der Waals surface area contributed by atoms with E-state index in [4.69, 9.17) is 14.9 Å². The number of aromatic nitrogens is 6. The fourth-order valence-electron chi connectivity index (χ4n) is 3.91. The number of rotatable bonds is 4. The molecule has 5 rings (SSSR count). The SMILES string of the molecule is Cn1ccnc1C[C@@H]1CCCN1c1cc(-c2ccccc2)nc2ncnn12.O=C(O)C(F)(F)F. The van der Waals surface area contributed by atoms with Crippen molar-refractivity contribution in [1.29, 1.82) is 0 Å². The highest BCUT2D eigenvalue weighted by Crippen LogP contribution is 2.30. The van der Waals surface area contributed by atoms with E-state index in [1.807, 2.05) is 35.1 Å². The van der Waals surface area contributed by atoms with Crippen LogP contribution in [0.2, 0.25) is 0 Å². The van der Waals surface area contributed by atoms with Gasteiger partial charge in [0.15, 0.2) is 0 Å². The van der Waals surface area contributed by atoms with Crippen LogP contribution in [0.4, 0.5) is 19.0 Å². The summed E-state index contributed by atoms with van der Waals surface area (Å²) < 4.78 is 35.7. The van der Waals surface area contributed by atoms with Crippen molar-refractivity contribution in [3.8, 4) is 11.3 Å². The van der Waals surface area contributed by atoms with Crippen LogP contribution in [0, 0.1) is 0 Å². The van der Waals surface area contributed by atoms with Crippen LogP contribution in [0.25, 0.3) is 17.0 Å². The Morgan fingerprint density at radius 2 is 1.94 bits per heavy atom. The fourth-order valence-corrected chi connectivity index (χ4v) is 3.91. The summed E-state index contributed by atoms with van der Waals surface area (Å²) in [6.07, 6.45) is 3.59. The van der Waals surface area contributed by atoms with Crippen LogP contribution in [-0.2, 0) is 18.3 Å². The number of imidazole rings is 1. The van der Waals surface area contributed by atoms with Gasteiger partial charge in [0.2, 0.25) is 0 Å². The van der Waals surface area contributed by atoms with Crippen LogP contribution in [0.5, 0.6) is 0 Å². The van der Waals surface area contributed by atoms with Crippen molar-refractivity contribution in [2.75, 3.05) is 11.4 Å². The molecule has 34 heavy (non-hydrogen) atoms. The number of aliphatic carboxylic acids is 1. The monoisotopic (exact) mass is 473 g/mol. The molecule has 1 aliphatic rings. The van der Waals surface area contributed by atoms with Gasteiger partial charge in [-0.2, -0.15) is 27.8 Å². The Bertz CT molecular complexity index is 1270. The highest BCUT2D eigenvalue weighted by molar-refractivity contribution is 5.73. The molecular formula is C22H22F3N7O2. The lowest BCUT2D eigenvalue weighted by Crippen LogP contribution is -2.33. The van der Waals surface area contributed by atoms with Gasteiger partial charge in [-0.05, 0) is 12.8 Å². The summed E-state index contributed by atoms with van der Waals surface area (Å²) in [5.41, 5.74) is 2.01. The van der Waals surface area contributed by atoms with Crippen molar-refractivity contribution in [1.82, 2.24) is 29.1 Å². The number of carboxylic acid groups (broad SMARTS) is 1. The van der Waals surface area contributed by atoms with Gasteiger partial charge in [0.1, 0.15) is 18.0 Å². The summed E-state index contributed by atoms with van der Waals surface area (Å²) in [5, 5.41) is 11.6. The van der Waals surface area contributed by atoms with Gasteiger partial charge in [0, 0.05) is 50.1 Å². The third-order valence-corrected chi connectivity index (χ3v) is 5.56. The van der Waals surface area contributed by atoms with Crippen molar-refractivity contribution in [2.45, 2.75) is 31.5 Å². The minimum Gasteiger partial charge on any atom is -0.475 e. The zero-order valence-corrected chi connectivity index (χ0v) is 18.2. The summed E-state index contributed by atoms with van der Waals surface area (Å²) in [6, 6.07) is 12.8. The van der Waals surface area contributed by atoms with E-state index in [-0.39, 0.29) is 0 Å². The van der Waals surface area contributed by atoms with Gasteiger partial charge in [-0.3, -0.25) is 0 Å². The van der Waals surface area contributed by atoms with Gasteiger partial charge < -0.3 is 14.6 Å². The van der Waals surface area contributed by atoms with Crippen LogP contribution >= 0.6 is 0 Å². The first kappa shape index (κ1) is 23.2. The van der Waals surface area contributed by atoms with Crippen LogP contribution in [0.15, 0.2) is 55.1 Å².